The van der Waals surface area contributed by atoms with Gasteiger partial charge in [0.1, 0.15) is 11.1 Å². The molecular weight excluding hydrogens is 572 g/mol. The quantitative estimate of drug-likeness (QED) is 0.197. The Morgan fingerprint density at radius 2 is 0.830 bits per heavy atom. The van der Waals surface area contributed by atoms with Gasteiger partial charge in [-0.1, -0.05) is 115 Å². The molecule has 0 aliphatic rings. The highest BCUT2D eigenvalue weighted by Gasteiger charge is 2.23. The van der Waals surface area contributed by atoms with Crippen LogP contribution in [0.15, 0.2) is 174 Å². The number of hydrogen-bond donors (Lipinski definition) is 0. The van der Waals surface area contributed by atoms with E-state index in [9.17, 15) is 0 Å². The predicted octanol–water partition coefficient (Wildman–Crippen LogP) is 12.0. The summed E-state index contributed by atoms with van der Waals surface area (Å²) < 4.78 is 11.5. The topological polar surface area (TPSA) is 23.0 Å². The van der Waals surface area contributed by atoms with Gasteiger partial charge < -0.3 is 13.6 Å². The van der Waals surface area contributed by atoms with Crippen LogP contribution in [-0.4, -0.2) is 9.13 Å². The average molecular weight is 601 g/mol. The molecule has 0 aliphatic heterocycles. The van der Waals surface area contributed by atoms with Crippen molar-refractivity contribution in [3.8, 4) is 33.6 Å². The molecule has 0 radical (unpaired) electrons. The SMILES string of the molecule is c1ccc(-n2c3ccccc3c3c(-c4ccccc4-c4cccc5oc6c7ccccc7n(-c7ccccc7)c6c45)cccc32)cc1. The van der Waals surface area contributed by atoms with Crippen molar-refractivity contribution in [2.45, 2.75) is 0 Å². The van der Waals surface area contributed by atoms with Gasteiger partial charge >= 0.3 is 0 Å². The number of benzene rings is 7. The van der Waals surface area contributed by atoms with Crippen LogP contribution in [0.4, 0.5) is 0 Å². The molecule has 7 aromatic carbocycles. The van der Waals surface area contributed by atoms with E-state index < -0.39 is 0 Å². The Kier molecular flexibility index (Phi) is 5.57. The first-order chi connectivity index (χ1) is 23.4. The summed E-state index contributed by atoms with van der Waals surface area (Å²) in [4.78, 5) is 0. The lowest BCUT2D eigenvalue weighted by Crippen LogP contribution is -1.94. The van der Waals surface area contributed by atoms with E-state index in [2.05, 4.69) is 179 Å². The minimum absolute atomic E-state index is 0.886. The Hall–Kier alpha value is -6.32. The Bertz CT molecular complexity index is 2780. The second kappa shape index (κ2) is 10.1. The zero-order valence-corrected chi connectivity index (χ0v) is 25.5. The minimum Gasteiger partial charge on any atom is -0.454 e. The Morgan fingerprint density at radius 1 is 0.340 bits per heavy atom. The van der Waals surface area contributed by atoms with E-state index >= 15 is 0 Å². The highest BCUT2D eigenvalue weighted by Crippen LogP contribution is 2.46. The van der Waals surface area contributed by atoms with E-state index in [1.54, 1.807) is 0 Å². The van der Waals surface area contributed by atoms with E-state index in [1.165, 1.54) is 38.5 Å². The van der Waals surface area contributed by atoms with Gasteiger partial charge in [0, 0.05) is 27.5 Å². The molecule has 3 heterocycles. The van der Waals surface area contributed by atoms with Gasteiger partial charge in [-0.25, -0.2) is 0 Å². The maximum atomic E-state index is 6.73. The van der Waals surface area contributed by atoms with Crippen molar-refractivity contribution in [2.24, 2.45) is 0 Å². The zero-order chi connectivity index (χ0) is 30.9. The molecule has 3 heteroatoms. The number of hydrogen-bond acceptors (Lipinski definition) is 1. The molecule has 10 aromatic rings. The van der Waals surface area contributed by atoms with Crippen molar-refractivity contribution in [3.05, 3.63) is 170 Å². The maximum Gasteiger partial charge on any atom is 0.161 e. The van der Waals surface area contributed by atoms with Crippen molar-refractivity contribution in [1.82, 2.24) is 9.13 Å². The van der Waals surface area contributed by atoms with Gasteiger partial charge in [-0.3, -0.25) is 0 Å². The van der Waals surface area contributed by atoms with Gasteiger partial charge in [0.05, 0.1) is 21.9 Å². The fourth-order valence-electron chi connectivity index (χ4n) is 7.63. The molecule has 0 spiro atoms. The molecule has 10 rings (SSSR count). The normalized spacial score (nSPS) is 11.8. The van der Waals surface area contributed by atoms with Crippen LogP contribution >= 0.6 is 0 Å². The Morgan fingerprint density at radius 3 is 1.53 bits per heavy atom. The first kappa shape index (κ1) is 26.0. The molecule has 0 aliphatic carbocycles. The van der Waals surface area contributed by atoms with Crippen molar-refractivity contribution >= 4 is 54.8 Å². The number of furan rings is 1. The first-order valence-corrected chi connectivity index (χ1v) is 16.0. The molecule has 0 fully saturated rings. The molecule has 220 valence electrons. The lowest BCUT2D eigenvalue weighted by molar-refractivity contribution is 0.673. The van der Waals surface area contributed by atoms with Crippen molar-refractivity contribution in [2.75, 3.05) is 0 Å². The summed E-state index contributed by atoms with van der Waals surface area (Å²) >= 11 is 0. The number of para-hydroxylation sites is 4. The van der Waals surface area contributed by atoms with Gasteiger partial charge in [-0.15, -0.1) is 0 Å². The minimum atomic E-state index is 0.886. The fourth-order valence-corrected chi connectivity index (χ4v) is 7.63. The van der Waals surface area contributed by atoms with Crippen molar-refractivity contribution in [3.63, 3.8) is 0 Å². The monoisotopic (exact) mass is 600 g/mol. The maximum absolute atomic E-state index is 6.73. The molecule has 0 unspecified atom stereocenters. The summed E-state index contributed by atoms with van der Waals surface area (Å²) in [6.45, 7) is 0. The van der Waals surface area contributed by atoms with Gasteiger partial charge in [-0.05, 0) is 76.9 Å². The summed E-state index contributed by atoms with van der Waals surface area (Å²) in [7, 11) is 0. The molecule has 3 nitrogen and oxygen atoms in total. The van der Waals surface area contributed by atoms with Crippen LogP contribution in [0.5, 0.6) is 0 Å². The molecule has 0 amide bonds. The van der Waals surface area contributed by atoms with Crippen LogP contribution in [0.3, 0.4) is 0 Å². The molecule has 3 aromatic heterocycles. The van der Waals surface area contributed by atoms with Crippen LogP contribution in [0.1, 0.15) is 0 Å². The highest BCUT2D eigenvalue weighted by molar-refractivity contribution is 6.22. The second-order valence-electron chi connectivity index (χ2n) is 12.1. The molecule has 0 saturated heterocycles. The molecular formula is C44H28N2O. The first-order valence-electron chi connectivity index (χ1n) is 16.0. The number of nitrogens with zero attached hydrogens (tertiary/aromatic N) is 2. The largest absolute Gasteiger partial charge is 0.454 e. The standard InChI is InChI=1S/C44H28N2O/c1-3-15-29(16-4-1)45-37-25-11-9-21-35(37)41-33(23-13-27-39(41)45)31-19-7-8-20-32(31)34-24-14-28-40-42(34)43-44(47-40)36-22-10-12-26-38(36)46(43)30-17-5-2-6-18-30/h1-28H. The van der Waals surface area contributed by atoms with Crippen LogP contribution < -0.4 is 0 Å². The summed E-state index contributed by atoms with van der Waals surface area (Å²) in [5.74, 6) is 0. The van der Waals surface area contributed by atoms with Crippen LogP contribution in [0.25, 0.3) is 88.4 Å². The lowest BCUT2D eigenvalue weighted by atomic mass is 9.90. The van der Waals surface area contributed by atoms with Crippen LogP contribution in [-0.2, 0) is 0 Å². The highest BCUT2D eigenvalue weighted by atomic mass is 16.3. The third-order valence-corrected chi connectivity index (χ3v) is 9.54. The third kappa shape index (κ3) is 3.74. The summed E-state index contributed by atoms with van der Waals surface area (Å²) in [5, 5.41) is 4.72. The number of aromatic nitrogens is 2. The lowest BCUT2D eigenvalue weighted by Gasteiger charge is -2.14. The molecule has 0 saturated carbocycles. The number of fused-ring (bicyclic) bond motifs is 8. The summed E-state index contributed by atoms with van der Waals surface area (Å²) in [5.41, 5.74) is 13.4. The fraction of sp³-hybridized carbons (Fsp3) is 0. The molecule has 0 atom stereocenters. The van der Waals surface area contributed by atoms with Gasteiger partial charge in [-0.2, -0.15) is 0 Å². The third-order valence-electron chi connectivity index (χ3n) is 9.54. The average Bonchev–Trinajstić information content (AvgIpc) is 3.79. The zero-order valence-electron chi connectivity index (χ0n) is 25.5. The van der Waals surface area contributed by atoms with Gasteiger partial charge in [0.15, 0.2) is 5.58 Å². The van der Waals surface area contributed by atoms with Crippen LogP contribution in [0, 0.1) is 0 Å². The second-order valence-corrected chi connectivity index (χ2v) is 12.1. The van der Waals surface area contributed by atoms with E-state index in [0.29, 0.717) is 0 Å². The molecule has 0 bridgehead atoms. The number of rotatable bonds is 4. The van der Waals surface area contributed by atoms with Gasteiger partial charge in [0.2, 0.25) is 0 Å². The predicted molar refractivity (Wildman–Crippen MR) is 196 cm³/mol. The van der Waals surface area contributed by atoms with E-state index in [4.69, 9.17) is 4.42 Å². The molecule has 0 N–H and O–H groups in total. The van der Waals surface area contributed by atoms with Crippen molar-refractivity contribution < 1.29 is 4.42 Å². The smallest absolute Gasteiger partial charge is 0.161 e. The molecule has 47 heavy (non-hydrogen) atoms. The summed E-state index contributed by atoms with van der Waals surface area (Å²) in [6.07, 6.45) is 0. The van der Waals surface area contributed by atoms with E-state index in [0.717, 1.165) is 49.9 Å². The summed E-state index contributed by atoms with van der Waals surface area (Å²) in [6, 6.07) is 60.5. The Balaban J connectivity index is 1.30. The van der Waals surface area contributed by atoms with Crippen LogP contribution in [0.2, 0.25) is 0 Å². The van der Waals surface area contributed by atoms with E-state index in [-0.39, 0.29) is 0 Å². The van der Waals surface area contributed by atoms with E-state index in [1.807, 2.05) is 0 Å². The van der Waals surface area contributed by atoms with Gasteiger partial charge in [0.25, 0.3) is 0 Å². The Labute approximate surface area is 271 Å². The van der Waals surface area contributed by atoms with Crippen molar-refractivity contribution in [1.29, 1.82) is 0 Å².